The Kier molecular flexibility index (Phi) is 28.1. The van der Waals surface area contributed by atoms with Gasteiger partial charge in [0.15, 0.2) is 17.5 Å². The number of nitrogen functional groups attached to an aromatic ring is 3. The highest BCUT2D eigenvalue weighted by atomic mass is 32.1. The van der Waals surface area contributed by atoms with Crippen LogP contribution in [0.2, 0.25) is 0 Å². The smallest absolute Gasteiger partial charge is 0.252 e. The lowest BCUT2D eigenvalue weighted by Crippen LogP contribution is -2.10. The second-order valence-electron chi connectivity index (χ2n) is 30.2. The van der Waals surface area contributed by atoms with Crippen molar-refractivity contribution in [3.63, 3.8) is 0 Å². The summed E-state index contributed by atoms with van der Waals surface area (Å²) >= 11 is 1.69. The van der Waals surface area contributed by atoms with Crippen molar-refractivity contribution in [1.29, 1.82) is 0 Å². The lowest BCUT2D eigenvalue weighted by molar-refractivity contribution is 0.151. The van der Waals surface area contributed by atoms with Gasteiger partial charge in [-0.3, -0.25) is 19.9 Å². The van der Waals surface area contributed by atoms with Gasteiger partial charge in [-0.2, -0.15) is 4.98 Å². The van der Waals surface area contributed by atoms with Crippen LogP contribution >= 0.6 is 11.3 Å². The molecule has 33 nitrogen and oxygen atoms in total. The number of nitrogens with two attached hydrogens (primary N) is 3. The maximum atomic E-state index is 6.08. The number of oxazole rings is 1. The third-order valence-electron chi connectivity index (χ3n) is 20.6. The second kappa shape index (κ2) is 41.0. The summed E-state index contributed by atoms with van der Waals surface area (Å²) in [4.78, 5) is 49.8. The molecule has 0 spiro atoms. The number of pyridine rings is 4. The van der Waals surface area contributed by atoms with Gasteiger partial charge in [-0.15, -0.1) is 11.3 Å². The van der Waals surface area contributed by atoms with Crippen LogP contribution in [0.25, 0.3) is 54.8 Å². The van der Waals surface area contributed by atoms with Gasteiger partial charge in [-0.1, -0.05) is 28.5 Å². The topological polar surface area (TPSA) is 407 Å². The van der Waals surface area contributed by atoms with Crippen molar-refractivity contribution in [3.8, 4) is 5.75 Å². The molecule has 15 heterocycles. The predicted molar refractivity (Wildman–Crippen MR) is 491 cm³/mol. The summed E-state index contributed by atoms with van der Waals surface area (Å²) in [6.07, 6.45) is 25.2. The Labute approximate surface area is 731 Å². The normalized spacial score (nSPS) is 12.0. The number of nitrogens with one attached hydrogen (secondary N) is 5. The number of methoxy groups -OCH3 is 4. The van der Waals surface area contributed by atoms with Crippen molar-refractivity contribution >= 4 is 112 Å². The second-order valence-corrected chi connectivity index (χ2v) is 31.5. The number of thiazole rings is 1. The van der Waals surface area contributed by atoms with Crippen LogP contribution in [-0.4, -0.2) is 130 Å². The Bertz CT molecular complexity index is 6590. The summed E-state index contributed by atoms with van der Waals surface area (Å²) in [6, 6.07) is 43.8. The minimum Gasteiger partial charge on any atom is -0.495 e. The van der Waals surface area contributed by atoms with E-state index in [1.807, 2.05) is 167 Å². The maximum absolute atomic E-state index is 6.08. The molecule has 11 N–H and O–H groups in total. The van der Waals surface area contributed by atoms with E-state index in [1.165, 1.54) is 17.7 Å². The molecule has 1 unspecified atom stereocenters. The van der Waals surface area contributed by atoms with E-state index < -0.39 is 0 Å². The van der Waals surface area contributed by atoms with E-state index >= 15 is 0 Å². The van der Waals surface area contributed by atoms with Gasteiger partial charge in [0.05, 0.1) is 134 Å². The molecule has 1 fully saturated rings. The number of hydrogen-bond donors (Lipinski definition) is 8. The number of fused-ring (bicyclic) bond motifs is 5. The molecule has 126 heavy (non-hydrogen) atoms. The van der Waals surface area contributed by atoms with Crippen LogP contribution in [0.5, 0.6) is 5.75 Å². The Morgan fingerprint density at radius 1 is 0.484 bits per heavy atom. The van der Waals surface area contributed by atoms with E-state index in [0.29, 0.717) is 94.1 Å². The predicted octanol–water partition coefficient (Wildman–Crippen LogP) is 16.3. The van der Waals surface area contributed by atoms with Gasteiger partial charge in [0.1, 0.15) is 63.0 Å². The SMILES string of the molecule is COCCn1ccc2cc(N)cc(NC(C)c3cccnc3)c21.COCCn1ccc2cc(N)cc(NCc3cc(C4CC4)on3)c21.COCc1nc(CNc2nc(C)nc3ccn(Cc4ccccn4)c23)no1.COc1cccnc1Cn1ccc2cc(N)cc(NCc3ncc(C)o3)c21.Cc1nc(NCc2ncc(C)s2)c2c(ccn2Cc2ccccn2)n1. The Hall–Kier alpha value is -14.6. The number of rotatable bonds is 31. The number of aromatic nitrogens is 18. The molecular formula is C92H102N26O7S. The Morgan fingerprint density at radius 3 is 1.61 bits per heavy atom. The minimum absolute atomic E-state index is 0.138. The summed E-state index contributed by atoms with van der Waals surface area (Å²) < 4.78 is 47.6. The fourth-order valence-corrected chi connectivity index (χ4v) is 15.4. The van der Waals surface area contributed by atoms with Crippen LogP contribution in [0, 0.1) is 27.7 Å². The quantitative estimate of drug-likeness (QED) is 0.0187. The van der Waals surface area contributed by atoms with Crippen LogP contribution < -0.4 is 48.5 Å². The molecule has 18 aromatic rings. The molecule has 0 aliphatic heterocycles. The fraction of sp³-hybridized carbons (Fsp3) is 0.272. The lowest BCUT2D eigenvalue weighted by atomic mass is 10.1. The van der Waals surface area contributed by atoms with E-state index in [4.69, 9.17) is 49.6 Å². The molecule has 0 radical (unpaired) electrons. The number of benzene rings is 3. The Morgan fingerprint density at radius 2 is 1.06 bits per heavy atom. The average molecular weight is 1720 g/mol. The number of hydrogen-bond acceptors (Lipinski definition) is 29. The molecule has 34 heteroatoms. The van der Waals surface area contributed by atoms with E-state index in [0.717, 1.165) is 164 Å². The summed E-state index contributed by atoms with van der Waals surface area (Å²) in [5, 5.41) is 29.6. The largest absolute Gasteiger partial charge is 0.495 e. The molecule has 19 rings (SSSR count). The van der Waals surface area contributed by atoms with Gasteiger partial charge in [0.25, 0.3) is 5.89 Å². The van der Waals surface area contributed by atoms with E-state index in [9.17, 15) is 0 Å². The number of aryl methyl sites for hydroxylation is 4. The van der Waals surface area contributed by atoms with Gasteiger partial charge < -0.3 is 99.0 Å². The first-order valence-corrected chi connectivity index (χ1v) is 42.1. The van der Waals surface area contributed by atoms with E-state index in [2.05, 4.69) is 165 Å². The van der Waals surface area contributed by atoms with Crippen molar-refractivity contribution in [1.82, 2.24) is 88.0 Å². The Balaban J connectivity index is 0.000000122. The van der Waals surface area contributed by atoms with Crippen molar-refractivity contribution in [2.75, 3.05) is 85.4 Å². The molecule has 1 aliphatic carbocycles. The summed E-state index contributed by atoms with van der Waals surface area (Å²) in [7, 11) is 6.66. The standard InChI is InChI=1S/C20H21N5O2.C18H19N7O2.C18H18N6S.C18H22N4O2.C18H22N4O/c1-13-10-24-19(27-13)11-23-16-9-15(21)8-14-5-7-25(20(14)16)12-17-18(26-2)4-3-6-22-17;1-12-21-14-6-8-25(10-13-5-3-4-7-19-13)17(14)18(22-12)20-9-15-23-16(11-26-2)27-24-15;1-12-9-20-16(25-12)10-21-18-17-15(22-13(2)23-18)6-8-24(17)11-14-5-3-4-7-19-14;1-23-7-6-22-5-4-13-8-14(19)9-16(18(13)22)20-11-15-10-17(24-21-15)12-2-3-12;1-13(15-4-3-6-20-12-15)21-17-11-16(19)10-14-5-7-22(18(14)17)8-9-23-2/h3-10,23H,11-12,21H2,1-2H3;3-8H,9-11H2,1-2H3,(H,20,21,22);3-9H,10-11H2,1-2H3,(H,21,22,23);4-5,8-10,12,20H,2-3,6-7,11,19H2,1H3;3-7,10-13,21H,8-9,19H2,1-2H3. The van der Waals surface area contributed by atoms with Crippen molar-refractivity contribution < 1.29 is 32.4 Å². The molecule has 15 aromatic heterocycles. The molecular weight excluding hydrogens is 1610 g/mol. The maximum Gasteiger partial charge on any atom is 0.252 e. The van der Waals surface area contributed by atoms with Crippen LogP contribution in [0.3, 0.4) is 0 Å². The van der Waals surface area contributed by atoms with Crippen LogP contribution in [-0.2, 0) is 79.7 Å². The molecule has 648 valence electrons. The monoisotopic (exact) mass is 1710 g/mol. The zero-order valence-electron chi connectivity index (χ0n) is 71.7. The highest BCUT2D eigenvalue weighted by Crippen LogP contribution is 2.41. The number of ether oxygens (including phenoxy) is 4. The summed E-state index contributed by atoms with van der Waals surface area (Å²) in [5.74, 6) is 7.74. The summed E-state index contributed by atoms with van der Waals surface area (Å²) in [6.45, 7) is 17.1. The zero-order chi connectivity index (χ0) is 87.4. The molecule has 0 bridgehead atoms. The summed E-state index contributed by atoms with van der Waals surface area (Å²) in [5.41, 5.74) is 35.2. The van der Waals surface area contributed by atoms with Crippen LogP contribution in [0.15, 0.2) is 221 Å². The highest BCUT2D eigenvalue weighted by molar-refractivity contribution is 7.11. The molecule has 1 atom stereocenters. The van der Waals surface area contributed by atoms with Crippen LogP contribution in [0.4, 0.5) is 45.8 Å². The zero-order valence-corrected chi connectivity index (χ0v) is 72.5. The first-order valence-electron chi connectivity index (χ1n) is 41.3. The highest BCUT2D eigenvalue weighted by Gasteiger charge is 2.28. The molecule has 0 saturated heterocycles. The number of nitrogens with zero attached hydrogens (tertiary/aromatic N) is 18. The average Bonchev–Trinajstić information content (AvgIpc) is 1.64. The van der Waals surface area contributed by atoms with E-state index in [1.54, 1.807) is 64.6 Å². The van der Waals surface area contributed by atoms with Crippen molar-refractivity contribution in [2.24, 2.45) is 0 Å². The first kappa shape index (κ1) is 86.3. The van der Waals surface area contributed by atoms with Gasteiger partial charge in [0.2, 0.25) is 5.89 Å². The first-order chi connectivity index (χ1) is 61.5. The van der Waals surface area contributed by atoms with Gasteiger partial charge in [-0.05, 0) is 162 Å². The molecule has 0 amide bonds. The third-order valence-corrected chi connectivity index (χ3v) is 21.5. The minimum atomic E-state index is 0.138. The number of anilines is 8. The van der Waals surface area contributed by atoms with Gasteiger partial charge in [0, 0.05) is 153 Å². The van der Waals surface area contributed by atoms with Gasteiger partial charge in [-0.25, -0.2) is 29.9 Å². The van der Waals surface area contributed by atoms with Crippen molar-refractivity contribution in [3.05, 3.63) is 287 Å². The third kappa shape index (κ3) is 22.1. The molecule has 1 saturated carbocycles. The van der Waals surface area contributed by atoms with Gasteiger partial charge >= 0.3 is 0 Å². The molecule has 1 aliphatic rings. The lowest BCUT2D eigenvalue weighted by Gasteiger charge is -2.18. The fourth-order valence-electron chi connectivity index (χ4n) is 14.7. The van der Waals surface area contributed by atoms with E-state index in [-0.39, 0.29) is 12.6 Å². The van der Waals surface area contributed by atoms with Crippen molar-refractivity contribution in [2.45, 2.75) is 125 Å². The molecule has 3 aromatic carbocycles. The van der Waals surface area contributed by atoms with Crippen LogP contribution in [0.1, 0.15) is 111 Å².